The molecule has 0 bridgehead atoms. The zero-order valence-electron chi connectivity index (χ0n) is 14.5. The number of benzene rings is 2. The first-order valence-corrected chi connectivity index (χ1v) is 7.97. The van der Waals surface area contributed by atoms with E-state index < -0.39 is 11.8 Å². The first-order valence-electron chi connectivity index (χ1n) is 7.97. The topological polar surface area (TPSA) is 76.7 Å². The van der Waals surface area contributed by atoms with Gasteiger partial charge in [-0.25, -0.2) is 0 Å². The highest BCUT2D eigenvalue weighted by Crippen LogP contribution is 2.18. The van der Waals surface area contributed by atoms with E-state index in [2.05, 4.69) is 10.6 Å². The average molecular weight is 342 g/mol. The number of hydrogen-bond acceptors (Lipinski definition) is 4. The van der Waals surface area contributed by atoms with Gasteiger partial charge in [-0.2, -0.15) is 0 Å². The van der Waals surface area contributed by atoms with Crippen LogP contribution in [0.3, 0.4) is 0 Å². The molecule has 6 nitrogen and oxygen atoms in total. The van der Waals surface area contributed by atoms with Gasteiger partial charge in [-0.05, 0) is 44.2 Å². The van der Waals surface area contributed by atoms with E-state index in [4.69, 9.17) is 9.47 Å². The van der Waals surface area contributed by atoms with Crippen molar-refractivity contribution < 1.29 is 19.1 Å². The molecule has 0 aromatic heterocycles. The minimum Gasteiger partial charge on any atom is -0.496 e. The van der Waals surface area contributed by atoms with E-state index in [9.17, 15) is 9.59 Å². The monoisotopic (exact) mass is 342 g/mol. The number of methoxy groups -OCH3 is 1. The molecule has 132 valence electrons. The highest BCUT2D eigenvalue weighted by molar-refractivity contribution is 6.39. The van der Waals surface area contributed by atoms with Gasteiger partial charge in [0.1, 0.15) is 11.5 Å². The standard InChI is InChI=1S/C19H22N2O4/c1-13(2)25-16-10-8-15(9-11-16)21-19(23)18(22)20-12-14-6-4-5-7-17(14)24-3/h4-11,13H,12H2,1-3H3,(H,20,22)(H,21,23). The number of nitrogens with one attached hydrogen (secondary N) is 2. The maximum absolute atomic E-state index is 12.0. The Kier molecular flexibility index (Phi) is 6.39. The smallest absolute Gasteiger partial charge is 0.313 e. The van der Waals surface area contributed by atoms with Crippen molar-refractivity contribution in [2.75, 3.05) is 12.4 Å². The van der Waals surface area contributed by atoms with Gasteiger partial charge < -0.3 is 20.1 Å². The van der Waals surface area contributed by atoms with Crippen molar-refractivity contribution in [3.63, 3.8) is 0 Å². The molecule has 2 aromatic carbocycles. The maximum atomic E-state index is 12.0. The van der Waals surface area contributed by atoms with Gasteiger partial charge in [0.05, 0.1) is 13.2 Å². The Labute approximate surface area is 147 Å². The Bertz CT molecular complexity index is 726. The lowest BCUT2D eigenvalue weighted by Crippen LogP contribution is -2.35. The van der Waals surface area contributed by atoms with Gasteiger partial charge in [0.2, 0.25) is 0 Å². The number of ether oxygens (including phenoxy) is 2. The van der Waals surface area contributed by atoms with Crippen LogP contribution in [0.2, 0.25) is 0 Å². The molecule has 2 rings (SSSR count). The van der Waals surface area contributed by atoms with Crippen LogP contribution >= 0.6 is 0 Å². The molecule has 0 fully saturated rings. The molecule has 25 heavy (non-hydrogen) atoms. The minimum atomic E-state index is -0.729. The molecule has 0 atom stereocenters. The number of para-hydroxylation sites is 1. The summed E-state index contributed by atoms with van der Waals surface area (Å²) < 4.78 is 10.7. The summed E-state index contributed by atoms with van der Waals surface area (Å²) >= 11 is 0. The molecule has 6 heteroatoms. The molecular weight excluding hydrogens is 320 g/mol. The molecule has 0 unspecified atom stereocenters. The van der Waals surface area contributed by atoms with Crippen molar-refractivity contribution >= 4 is 17.5 Å². The fourth-order valence-corrected chi connectivity index (χ4v) is 2.18. The Morgan fingerprint density at radius 3 is 2.32 bits per heavy atom. The Morgan fingerprint density at radius 2 is 1.68 bits per heavy atom. The molecule has 2 aromatic rings. The van der Waals surface area contributed by atoms with Crippen molar-refractivity contribution in [1.82, 2.24) is 5.32 Å². The second-order valence-corrected chi connectivity index (χ2v) is 5.64. The summed E-state index contributed by atoms with van der Waals surface area (Å²) in [6.07, 6.45) is 0.0706. The van der Waals surface area contributed by atoms with E-state index in [0.717, 1.165) is 5.56 Å². The summed E-state index contributed by atoms with van der Waals surface area (Å²) in [6.45, 7) is 4.07. The molecule has 0 aliphatic heterocycles. The van der Waals surface area contributed by atoms with Crippen LogP contribution in [0.1, 0.15) is 19.4 Å². The number of anilines is 1. The van der Waals surface area contributed by atoms with E-state index in [1.807, 2.05) is 32.0 Å². The summed E-state index contributed by atoms with van der Waals surface area (Å²) in [5.74, 6) is -0.0848. The van der Waals surface area contributed by atoms with Crippen molar-refractivity contribution in [2.24, 2.45) is 0 Å². The number of carbonyl (C=O) groups is 2. The van der Waals surface area contributed by atoms with Crippen molar-refractivity contribution in [3.8, 4) is 11.5 Å². The molecule has 2 N–H and O–H groups in total. The Morgan fingerprint density at radius 1 is 1.00 bits per heavy atom. The van der Waals surface area contributed by atoms with Gasteiger partial charge in [0.25, 0.3) is 0 Å². The zero-order valence-corrected chi connectivity index (χ0v) is 14.5. The summed E-state index contributed by atoms with van der Waals surface area (Å²) in [5, 5.41) is 5.12. The third-order valence-corrected chi connectivity index (χ3v) is 3.32. The van der Waals surface area contributed by atoms with Gasteiger partial charge in [-0.1, -0.05) is 18.2 Å². The molecule has 0 saturated carbocycles. The predicted molar refractivity (Wildman–Crippen MR) is 95.7 cm³/mol. The van der Waals surface area contributed by atoms with Crippen LogP contribution in [-0.4, -0.2) is 25.0 Å². The zero-order chi connectivity index (χ0) is 18.2. The van der Waals surface area contributed by atoms with Crippen LogP contribution in [0.15, 0.2) is 48.5 Å². The summed E-state index contributed by atoms with van der Waals surface area (Å²) in [5.41, 5.74) is 1.31. The highest BCUT2D eigenvalue weighted by Gasteiger charge is 2.14. The molecule has 0 heterocycles. The largest absolute Gasteiger partial charge is 0.496 e. The number of carbonyl (C=O) groups excluding carboxylic acids is 2. The summed E-state index contributed by atoms with van der Waals surface area (Å²) in [4.78, 5) is 23.9. The molecular formula is C19H22N2O4. The first-order chi connectivity index (χ1) is 12.0. The highest BCUT2D eigenvalue weighted by atomic mass is 16.5. The first kappa shape index (κ1) is 18.3. The molecule has 2 amide bonds. The van der Waals surface area contributed by atoms with Crippen LogP contribution in [0, 0.1) is 0 Å². The van der Waals surface area contributed by atoms with Gasteiger partial charge in [-0.15, -0.1) is 0 Å². The van der Waals surface area contributed by atoms with Gasteiger partial charge in [0, 0.05) is 17.8 Å². The van der Waals surface area contributed by atoms with Gasteiger partial charge >= 0.3 is 11.8 Å². The van der Waals surface area contributed by atoms with Crippen LogP contribution < -0.4 is 20.1 Å². The van der Waals surface area contributed by atoms with E-state index in [-0.39, 0.29) is 12.6 Å². The normalized spacial score (nSPS) is 10.2. The van der Waals surface area contributed by atoms with E-state index >= 15 is 0 Å². The van der Waals surface area contributed by atoms with Crippen molar-refractivity contribution in [1.29, 1.82) is 0 Å². The Hall–Kier alpha value is -3.02. The summed E-state index contributed by atoms with van der Waals surface area (Å²) in [6, 6.07) is 14.1. The fraction of sp³-hybridized carbons (Fsp3) is 0.263. The SMILES string of the molecule is COc1ccccc1CNC(=O)C(=O)Nc1ccc(OC(C)C)cc1. The fourth-order valence-electron chi connectivity index (χ4n) is 2.18. The second-order valence-electron chi connectivity index (χ2n) is 5.64. The number of rotatable bonds is 6. The van der Waals surface area contributed by atoms with Crippen LogP contribution in [0.25, 0.3) is 0 Å². The quantitative estimate of drug-likeness (QED) is 0.792. The van der Waals surface area contributed by atoms with E-state index in [1.165, 1.54) is 0 Å². The third kappa shape index (κ3) is 5.53. The minimum absolute atomic E-state index is 0.0706. The van der Waals surface area contributed by atoms with Crippen LogP contribution in [-0.2, 0) is 16.1 Å². The maximum Gasteiger partial charge on any atom is 0.313 e. The lowest BCUT2D eigenvalue weighted by atomic mass is 10.2. The second kappa shape index (κ2) is 8.73. The van der Waals surface area contributed by atoms with E-state index in [1.54, 1.807) is 37.4 Å². The molecule has 0 aliphatic carbocycles. The molecule has 0 spiro atoms. The third-order valence-electron chi connectivity index (χ3n) is 3.32. The number of hydrogen-bond donors (Lipinski definition) is 2. The summed E-state index contributed by atoms with van der Waals surface area (Å²) in [7, 11) is 1.56. The van der Waals surface area contributed by atoms with Gasteiger partial charge in [0.15, 0.2) is 0 Å². The lowest BCUT2D eigenvalue weighted by Gasteiger charge is -2.11. The molecule has 0 radical (unpaired) electrons. The number of amides is 2. The van der Waals surface area contributed by atoms with Crippen LogP contribution in [0.5, 0.6) is 11.5 Å². The van der Waals surface area contributed by atoms with Crippen molar-refractivity contribution in [3.05, 3.63) is 54.1 Å². The average Bonchev–Trinajstić information content (AvgIpc) is 2.61. The Balaban J connectivity index is 1.88. The van der Waals surface area contributed by atoms with Crippen LogP contribution in [0.4, 0.5) is 5.69 Å². The molecule has 0 aliphatic rings. The predicted octanol–water partition coefficient (Wildman–Crippen LogP) is 2.74. The molecule has 0 saturated heterocycles. The lowest BCUT2D eigenvalue weighted by molar-refractivity contribution is -0.136. The van der Waals surface area contributed by atoms with E-state index in [0.29, 0.717) is 17.2 Å². The van der Waals surface area contributed by atoms with Gasteiger partial charge in [-0.3, -0.25) is 9.59 Å². The van der Waals surface area contributed by atoms with Crippen molar-refractivity contribution in [2.45, 2.75) is 26.5 Å².